The number of esters is 1. The molecule has 1 aliphatic heterocycles. The van der Waals surface area contributed by atoms with Crippen LogP contribution < -0.4 is 0 Å². The van der Waals surface area contributed by atoms with Crippen LogP contribution >= 0.6 is 0 Å². The van der Waals surface area contributed by atoms with Crippen LogP contribution in [0.2, 0.25) is 0 Å². The van der Waals surface area contributed by atoms with E-state index >= 15 is 0 Å². The fourth-order valence-corrected chi connectivity index (χ4v) is 4.41. The average molecular weight is 399 g/mol. The second-order valence-corrected chi connectivity index (χ2v) is 8.20. The van der Waals surface area contributed by atoms with Crippen molar-refractivity contribution in [3.63, 3.8) is 0 Å². The number of imidazole rings is 1. The maximum Gasteiger partial charge on any atom is 0.326 e. The van der Waals surface area contributed by atoms with E-state index in [2.05, 4.69) is 9.97 Å². The number of hydrogen-bond donors (Lipinski definition) is 1. The monoisotopic (exact) mass is 398 g/mol. The Morgan fingerprint density at radius 3 is 2.62 bits per heavy atom. The van der Waals surface area contributed by atoms with Gasteiger partial charge in [-0.05, 0) is 45.4 Å². The van der Waals surface area contributed by atoms with Crippen molar-refractivity contribution in [2.75, 3.05) is 21.2 Å². The number of likely N-dealkylation sites (N-methyl/N-ethyl adjacent to an activating group) is 1. The number of aromatic nitrogens is 2. The molecule has 1 amide bonds. The number of hydrogen-bond acceptors (Lipinski definition) is 5. The van der Waals surface area contributed by atoms with E-state index in [-0.39, 0.29) is 23.8 Å². The minimum Gasteiger partial charge on any atom is -0.468 e. The van der Waals surface area contributed by atoms with Crippen LogP contribution in [0.25, 0.3) is 0 Å². The number of carbonyl (C=O) groups excluding carboxylic acids is 2. The summed E-state index contributed by atoms with van der Waals surface area (Å²) in [6, 6.07) is 7.81. The van der Waals surface area contributed by atoms with Crippen LogP contribution in [0.5, 0.6) is 0 Å². The first-order valence-corrected chi connectivity index (χ1v) is 9.81. The number of H-pyrrole nitrogens is 1. The number of methoxy groups -OCH3 is 1. The molecule has 29 heavy (non-hydrogen) atoms. The van der Waals surface area contributed by atoms with Crippen molar-refractivity contribution in [3.8, 4) is 0 Å². The smallest absolute Gasteiger partial charge is 0.326 e. The lowest BCUT2D eigenvalue weighted by atomic mass is 9.87. The molecule has 2 aromatic rings. The van der Waals surface area contributed by atoms with Crippen molar-refractivity contribution in [1.82, 2.24) is 19.8 Å². The van der Waals surface area contributed by atoms with Crippen LogP contribution in [0.4, 0.5) is 0 Å². The summed E-state index contributed by atoms with van der Waals surface area (Å²) >= 11 is 0. The average Bonchev–Trinajstić information content (AvgIpc) is 3.22. The fourth-order valence-electron chi connectivity index (χ4n) is 4.41. The topological polar surface area (TPSA) is 78.5 Å². The molecular weight excluding hydrogens is 368 g/mol. The molecule has 0 unspecified atom stereocenters. The largest absolute Gasteiger partial charge is 0.468 e. The van der Waals surface area contributed by atoms with E-state index < -0.39 is 5.54 Å². The van der Waals surface area contributed by atoms with Crippen molar-refractivity contribution in [3.05, 3.63) is 53.1 Å². The highest BCUT2D eigenvalue weighted by atomic mass is 16.5. The normalized spacial score (nSPS) is 24.5. The zero-order valence-electron chi connectivity index (χ0n) is 18.0. The van der Waals surface area contributed by atoms with Gasteiger partial charge in [0.15, 0.2) is 0 Å². The van der Waals surface area contributed by atoms with E-state index in [9.17, 15) is 9.59 Å². The van der Waals surface area contributed by atoms with Crippen LogP contribution in [0.15, 0.2) is 30.5 Å². The lowest BCUT2D eigenvalue weighted by molar-refractivity contribution is -0.152. The van der Waals surface area contributed by atoms with Crippen LogP contribution in [-0.2, 0) is 20.9 Å². The first kappa shape index (κ1) is 21.0. The highest BCUT2D eigenvalue weighted by molar-refractivity contribution is 5.86. The van der Waals surface area contributed by atoms with Crippen LogP contribution in [0.1, 0.15) is 42.0 Å². The molecule has 3 atom stereocenters. The molecule has 3 rings (SSSR count). The summed E-state index contributed by atoms with van der Waals surface area (Å²) in [4.78, 5) is 37.3. The molecule has 1 fully saturated rings. The maximum atomic E-state index is 13.5. The molecule has 1 aromatic heterocycles. The Morgan fingerprint density at radius 1 is 1.34 bits per heavy atom. The number of aryl methyl sites for hydroxylation is 2. The van der Waals surface area contributed by atoms with Gasteiger partial charge in [0.1, 0.15) is 11.4 Å². The van der Waals surface area contributed by atoms with Crippen molar-refractivity contribution in [1.29, 1.82) is 0 Å². The summed E-state index contributed by atoms with van der Waals surface area (Å²) in [5, 5.41) is 0. The number of nitrogens with zero attached hydrogens (tertiary/aromatic N) is 3. The molecule has 1 saturated heterocycles. The molecule has 0 saturated carbocycles. The molecule has 0 radical (unpaired) electrons. The summed E-state index contributed by atoms with van der Waals surface area (Å²) < 4.78 is 5.09. The van der Waals surface area contributed by atoms with Gasteiger partial charge in [-0.3, -0.25) is 14.5 Å². The van der Waals surface area contributed by atoms with E-state index in [1.165, 1.54) is 7.11 Å². The number of carbonyl (C=O) groups is 2. The van der Waals surface area contributed by atoms with Gasteiger partial charge < -0.3 is 14.6 Å². The first-order valence-electron chi connectivity index (χ1n) is 9.81. The van der Waals surface area contributed by atoms with Gasteiger partial charge in [-0.2, -0.15) is 0 Å². The van der Waals surface area contributed by atoms with Gasteiger partial charge >= 0.3 is 5.97 Å². The minimum atomic E-state index is -0.871. The quantitative estimate of drug-likeness (QED) is 0.784. The minimum absolute atomic E-state index is 0.00761. The molecule has 1 aliphatic rings. The summed E-state index contributed by atoms with van der Waals surface area (Å²) in [6.45, 7) is 6.21. The lowest BCUT2D eigenvalue weighted by Gasteiger charge is -2.34. The Morgan fingerprint density at radius 2 is 2.03 bits per heavy atom. The molecule has 0 bridgehead atoms. The third-order valence-electron chi connectivity index (χ3n) is 6.16. The van der Waals surface area contributed by atoms with Gasteiger partial charge in [-0.15, -0.1) is 0 Å². The zero-order valence-corrected chi connectivity index (χ0v) is 18.0. The molecule has 7 heteroatoms. The maximum absolute atomic E-state index is 13.5. The standard InChI is InChI=1S/C22H30N4O3/c1-14-9-7-8-10-16(14)19-17(11-22(3,26(19)5)21(28)29-6)20(27)25(4)13-18-23-12-15(2)24-18/h7-10,12,17,19H,11,13H2,1-6H3,(H,23,24)/t17-,19-,22-/m0/s1. The lowest BCUT2D eigenvalue weighted by Crippen LogP contribution is -2.47. The molecule has 2 heterocycles. The summed E-state index contributed by atoms with van der Waals surface area (Å²) in [6.07, 6.45) is 2.15. The third-order valence-corrected chi connectivity index (χ3v) is 6.16. The molecule has 1 aromatic carbocycles. The third kappa shape index (κ3) is 3.79. The van der Waals surface area contributed by atoms with Gasteiger partial charge in [0.05, 0.1) is 19.6 Å². The summed E-state index contributed by atoms with van der Waals surface area (Å²) in [5.74, 6) is 0.0455. The highest BCUT2D eigenvalue weighted by Gasteiger charge is 2.55. The Kier molecular flexibility index (Phi) is 5.80. The number of rotatable bonds is 5. The van der Waals surface area contributed by atoms with Gasteiger partial charge in [-0.25, -0.2) is 4.98 Å². The summed E-state index contributed by atoms with van der Waals surface area (Å²) in [7, 11) is 5.07. The number of aromatic amines is 1. The number of ether oxygens (including phenoxy) is 1. The Hall–Kier alpha value is -2.67. The molecule has 7 nitrogen and oxygen atoms in total. The molecule has 156 valence electrons. The van der Waals surface area contributed by atoms with E-state index in [1.54, 1.807) is 18.1 Å². The number of likely N-dealkylation sites (tertiary alicyclic amines) is 1. The van der Waals surface area contributed by atoms with Crippen LogP contribution in [-0.4, -0.2) is 58.4 Å². The number of nitrogens with one attached hydrogen (secondary N) is 1. The first-order chi connectivity index (χ1) is 13.7. The predicted octanol–water partition coefficient (Wildman–Crippen LogP) is 2.61. The van der Waals surface area contributed by atoms with Crippen molar-refractivity contribution >= 4 is 11.9 Å². The number of amides is 1. The predicted molar refractivity (Wildman–Crippen MR) is 110 cm³/mol. The van der Waals surface area contributed by atoms with Gasteiger partial charge in [0.25, 0.3) is 0 Å². The van der Waals surface area contributed by atoms with E-state index in [0.29, 0.717) is 13.0 Å². The van der Waals surface area contributed by atoms with Crippen LogP contribution in [0, 0.1) is 19.8 Å². The van der Waals surface area contributed by atoms with Crippen molar-refractivity contribution < 1.29 is 14.3 Å². The number of benzene rings is 1. The Labute approximate surface area is 172 Å². The Balaban J connectivity index is 1.95. The zero-order chi connectivity index (χ0) is 21.3. The van der Waals surface area contributed by atoms with E-state index in [4.69, 9.17) is 4.74 Å². The fraction of sp³-hybridized carbons (Fsp3) is 0.500. The Bertz CT molecular complexity index is 909. The van der Waals surface area contributed by atoms with Gasteiger partial charge in [-0.1, -0.05) is 24.3 Å². The van der Waals surface area contributed by atoms with Gasteiger partial charge in [0.2, 0.25) is 5.91 Å². The van der Waals surface area contributed by atoms with E-state index in [0.717, 1.165) is 22.6 Å². The highest BCUT2D eigenvalue weighted by Crippen LogP contribution is 2.47. The molecule has 0 spiro atoms. The van der Waals surface area contributed by atoms with Crippen LogP contribution in [0.3, 0.4) is 0 Å². The second kappa shape index (κ2) is 7.99. The molecular formula is C22H30N4O3. The van der Waals surface area contributed by atoms with Crippen molar-refractivity contribution in [2.24, 2.45) is 5.92 Å². The SMILES string of the molecule is COC(=O)[C@]1(C)C[C@H](C(=O)N(C)Cc2ncc(C)[nH]2)[C@H](c2ccccc2C)N1C. The summed E-state index contributed by atoms with van der Waals surface area (Å²) in [5.41, 5.74) is 2.24. The molecule has 1 N–H and O–H groups in total. The van der Waals surface area contributed by atoms with E-state index in [1.807, 2.05) is 57.0 Å². The second-order valence-electron chi connectivity index (χ2n) is 8.20. The van der Waals surface area contributed by atoms with Crippen molar-refractivity contribution in [2.45, 2.75) is 45.3 Å². The molecule has 0 aliphatic carbocycles. The van der Waals surface area contributed by atoms with Gasteiger partial charge in [0, 0.05) is 25.0 Å².